The van der Waals surface area contributed by atoms with Crippen molar-refractivity contribution >= 4 is 17.6 Å². The molecule has 0 aliphatic carbocycles. The maximum atomic E-state index is 12.1. The van der Waals surface area contributed by atoms with Gasteiger partial charge in [0.1, 0.15) is 42.6 Å². The molecular weight excluding hydrogens is 688 g/mol. The number of benzene rings is 3. The number of hydrogen-bond donors (Lipinski definition) is 1. The second-order valence-corrected chi connectivity index (χ2v) is 14.8. The van der Waals surface area contributed by atoms with Crippen molar-refractivity contribution in [1.82, 2.24) is 14.8 Å². The van der Waals surface area contributed by atoms with Crippen LogP contribution in [0.25, 0.3) is 11.1 Å². The van der Waals surface area contributed by atoms with Gasteiger partial charge in [0.2, 0.25) is 0 Å². The standard InChI is InChI=1S/C43H49ClN4O5/c1-29-14-17-47(25-29)15-8-18-51-40-13-7-11-37(31(40)3)36-10-6-9-34(30(36)2)28-53-42-21-41(52-27-33-19-32(22-45)23-46-24-33)35(20-38(42)44)26-48-16-5-4-12-39(48)43(49)50/h6-7,9-11,13,19-21,23-24,29,39H,4-5,8,12,14-18,25-28H2,1-3H3,(H,49,50)/t29-,39+/m1/s1. The van der Waals surface area contributed by atoms with E-state index < -0.39 is 12.0 Å². The second kappa shape index (κ2) is 17.9. The van der Waals surface area contributed by atoms with Gasteiger partial charge in [-0.25, -0.2) is 0 Å². The van der Waals surface area contributed by atoms with Crippen molar-refractivity contribution < 1.29 is 24.1 Å². The fraction of sp³-hybridized carbons (Fsp3) is 0.419. The third-order valence-corrected chi connectivity index (χ3v) is 10.8. The van der Waals surface area contributed by atoms with Crippen molar-refractivity contribution in [2.24, 2.45) is 5.92 Å². The van der Waals surface area contributed by atoms with Crippen molar-refractivity contribution in [3.8, 4) is 34.4 Å². The van der Waals surface area contributed by atoms with Gasteiger partial charge in [0.05, 0.1) is 17.2 Å². The van der Waals surface area contributed by atoms with Crippen molar-refractivity contribution in [3.63, 3.8) is 0 Å². The topological polar surface area (TPSA) is 108 Å². The van der Waals surface area contributed by atoms with Gasteiger partial charge in [-0.3, -0.25) is 14.7 Å². The van der Waals surface area contributed by atoms with E-state index in [1.54, 1.807) is 18.3 Å². The molecule has 2 atom stereocenters. The number of pyridine rings is 1. The number of aliphatic carboxylic acids is 1. The van der Waals surface area contributed by atoms with E-state index in [1.165, 1.54) is 25.7 Å². The summed E-state index contributed by atoms with van der Waals surface area (Å²) in [7, 11) is 0. The minimum absolute atomic E-state index is 0.167. The average Bonchev–Trinajstić information content (AvgIpc) is 3.58. The molecule has 0 amide bonds. The minimum Gasteiger partial charge on any atom is -0.493 e. The summed E-state index contributed by atoms with van der Waals surface area (Å²) in [5.41, 5.74) is 7.43. The summed E-state index contributed by atoms with van der Waals surface area (Å²) in [6.07, 6.45) is 7.86. The number of rotatable bonds is 15. The van der Waals surface area contributed by atoms with Crippen LogP contribution in [-0.2, 0) is 24.6 Å². The van der Waals surface area contributed by atoms with Crippen LogP contribution in [0, 0.1) is 31.1 Å². The van der Waals surface area contributed by atoms with Crippen molar-refractivity contribution in [2.75, 3.05) is 32.8 Å². The van der Waals surface area contributed by atoms with Crippen LogP contribution >= 0.6 is 11.6 Å². The first-order chi connectivity index (χ1) is 25.7. The Kier molecular flexibility index (Phi) is 12.9. The number of halogens is 1. The molecule has 9 nitrogen and oxygen atoms in total. The van der Waals surface area contributed by atoms with Gasteiger partial charge in [-0.2, -0.15) is 5.26 Å². The zero-order valence-corrected chi connectivity index (χ0v) is 31.7. The molecule has 0 bridgehead atoms. The summed E-state index contributed by atoms with van der Waals surface area (Å²) >= 11 is 6.86. The van der Waals surface area contributed by atoms with E-state index in [9.17, 15) is 15.2 Å². The summed E-state index contributed by atoms with van der Waals surface area (Å²) in [5, 5.41) is 19.7. The van der Waals surface area contributed by atoms with Gasteiger partial charge in [0.15, 0.2) is 0 Å². The number of carboxylic acid groups (broad SMARTS) is 1. The van der Waals surface area contributed by atoms with E-state index in [-0.39, 0.29) is 13.2 Å². The summed E-state index contributed by atoms with van der Waals surface area (Å²) in [6.45, 7) is 12.2. The highest BCUT2D eigenvalue weighted by Gasteiger charge is 2.29. The molecule has 2 aliphatic rings. The lowest BCUT2D eigenvalue weighted by Crippen LogP contribution is -2.44. The smallest absolute Gasteiger partial charge is 0.320 e. The zero-order valence-electron chi connectivity index (χ0n) is 30.9. The van der Waals surface area contributed by atoms with Crippen molar-refractivity contribution in [1.29, 1.82) is 5.26 Å². The lowest BCUT2D eigenvalue weighted by molar-refractivity contribution is -0.144. The van der Waals surface area contributed by atoms with Gasteiger partial charge in [-0.05, 0) is 105 Å². The Morgan fingerprint density at radius 2 is 1.72 bits per heavy atom. The number of carbonyl (C=O) groups is 1. The number of carboxylic acids is 1. The molecule has 0 unspecified atom stereocenters. The van der Waals surface area contributed by atoms with E-state index in [1.807, 2.05) is 23.1 Å². The number of piperidine rings is 1. The largest absolute Gasteiger partial charge is 0.493 e. The van der Waals surface area contributed by atoms with E-state index in [0.717, 1.165) is 76.4 Å². The molecule has 278 valence electrons. The van der Waals surface area contributed by atoms with Crippen molar-refractivity contribution in [3.05, 3.63) is 105 Å². The molecular formula is C43H49ClN4O5. The quantitative estimate of drug-likeness (QED) is 0.120. The maximum Gasteiger partial charge on any atom is 0.320 e. The van der Waals surface area contributed by atoms with Gasteiger partial charge in [0.25, 0.3) is 0 Å². The molecule has 2 aliphatic heterocycles. The molecule has 1 N–H and O–H groups in total. The van der Waals surface area contributed by atoms with E-state index in [0.29, 0.717) is 48.2 Å². The van der Waals surface area contributed by atoms with Crippen LogP contribution in [0.15, 0.2) is 67.0 Å². The zero-order chi connectivity index (χ0) is 37.3. The lowest BCUT2D eigenvalue weighted by Gasteiger charge is -2.33. The third-order valence-electron chi connectivity index (χ3n) is 10.5. The molecule has 2 fully saturated rings. The number of nitriles is 1. The number of likely N-dealkylation sites (tertiary alicyclic amines) is 2. The number of aromatic nitrogens is 1. The van der Waals surface area contributed by atoms with Gasteiger partial charge < -0.3 is 24.2 Å². The summed E-state index contributed by atoms with van der Waals surface area (Å²) in [6, 6.07) is 19.4. The Labute approximate surface area is 318 Å². The number of ether oxygens (including phenoxy) is 3. The summed E-state index contributed by atoms with van der Waals surface area (Å²) < 4.78 is 19.0. The molecule has 4 aromatic rings. The molecule has 0 spiro atoms. The van der Waals surface area contributed by atoms with E-state index >= 15 is 0 Å². The Morgan fingerprint density at radius 1 is 0.925 bits per heavy atom. The Balaban J connectivity index is 1.18. The monoisotopic (exact) mass is 736 g/mol. The van der Waals surface area contributed by atoms with E-state index in [2.05, 4.69) is 61.0 Å². The fourth-order valence-corrected chi connectivity index (χ4v) is 7.70. The first-order valence-corrected chi connectivity index (χ1v) is 19.0. The minimum atomic E-state index is -0.827. The van der Waals surface area contributed by atoms with Gasteiger partial charge in [0, 0.05) is 49.2 Å². The van der Waals surface area contributed by atoms with Crippen LogP contribution in [0.2, 0.25) is 5.02 Å². The van der Waals surface area contributed by atoms with E-state index in [4.69, 9.17) is 25.8 Å². The highest BCUT2D eigenvalue weighted by molar-refractivity contribution is 6.32. The highest BCUT2D eigenvalue weighted by atomic mass is 35.5. The second-order valence-electron chi connectivity index (χ2n) is 14.4. The van der Waals surface area contributed by atoms with Gasteiger partial charge >= 0.3 is 5.97 Å². The fourth-order valence-electron chi connectivity index (χ4n) is 7.46. The van der Waals surface area contributed by atoms with Crippen LogP contribution in [0.1, 0.15) is 72.4 Å². The predicted molar refractivity (Wildman–Crippen MR) is 206 cm³/mol. The Morgan fingerprint density at radius 3 is 2.49 bits per heavy atom. The highest BCUT2D eigenvalue weighted by Crippen LogP contribution is 2.37. The molecule has 6 rings (SSSR count). The lowest BCUT2D eigenvalue weighted by atomic mass is 9.93. The predicted octanol–water partition coefficient (Wildman–Crippen LogP) is 8.60. The van der Waals surface area contributed by atoms with Crippen LogP contribution in [0.5, 0.6) is 17.2 Å². The SMILES string of the molecule is Cc1c(COc2cc(OCc3cncc(C#N)c3)c(CN3CCCC[C@H]3C(=O)O)cc2Cl)cccc1-c1cccc(OCCCN2CC[C@@H](C)C2)c1C. The Bertz CT molecular complexity index is 1940. The number of nitrogens with zero attached hydrogens (tertiary/aromatic N) is 4. The summed E-state index contributed by atoms with van der Waals surface area (Å²) in [5.74, 6) is 1.87. The maximum absolute atomic E-state index is 12.1. The normalized spacial score (nSPS) is 17.7. The molecule has 3 heterocycles. The molecule has 53 heavy (non-hydrogen) atoms. The van der Waals surface area contributed by atoms with Crippen LogP contribution in [0.3, 0.4) is 0 Å². The first kappa shape index (κ1) is 38.1. The van der Waals surface area contributed by atoms with Crippen LogP contribution in [-0.4, -0.2) is 64.7 Å². The van der Waals surface area contributed by atoms with Crippen LogP contribution < -0.4 is 14.2 Å². The molecule has 10 heteroatoms. The number of hydrogen-bond acceptors (Lipinski definition) is 8. The first-order valence-electron chi connectivity index (χ1n) is 18.6. The van der Waals surface area contributed by atoms with Crippen LogP contribution in [0.4, 0.5) is 0 Å². The van der Waals surface area contributed by atoms with Gasteiger partial charge in [-0.15, -0.1) is 0 Å². The average molecular weight is 737 g/mol. The molecule has 2 saturated heterocycles. The molecule has 1 aromatic heterocycles. The third kappa shape index (κ3) is 9.68. The van der Waals surface area contributed by atoms with Gasteiger partial charge in [-0.1, -0.05) is 55.3 Å². The molecule has 0 radical (unpaired) electrons. The summed E-state index contributed by atoms with van der Waals surface area (Å²) in [4.78, 5) is 20.7. The molecule has 0 saturated carbocycles. The van der Waals surface area contributed by atoms with Crippen molar-refractivity contribution in [2.45, 2.75) is 78.7 Å². The Hall–Kier alpha value is -4.62. The molecule has 3 aromatic carbocycles.